The average molecular weight is 350 g/mol. The third kappa shape index (κ3) is 4.23. The zero-order chi connectivity index (χ0) is 12.1. The Morgan fingerprint density at radius 2 is 2.00 bits per heavy atom. The molecule has 0 spiro atoms. The largest absolute Gasteiger partial charge is 0.328 e. The van der Waals surface area contributed by atoms with E-state index in [1.54, 1.807) is 0 Å². The maximum absolute atomic E-state index is 11.6. The van der Waals surface area contributed by atoms with Crippen LogP contribution < -0.4 is 11.1 Å². The van der Waals surface area contributed by atoms with Crippen LogP contribution in [0.4, 0.5) is 5.69 Å². The van der Waals surface area contributed by atoms with Gasteiger partial charge in [-0.25, -0.2) is 0 Å². The van der Waals surface area contributed by atoms with Crippen LogP contribution in [0.5, 0.6) is 0 Å². The number of para-hydroxylation sites is 1. The average Bonchev–Trinajstić information content (AvgIpc) is 2.21. The lowest BCUT2D eigenvalue weighted by atomic mass is 10.2. The van der Waals surface area contributed by atoms with E-state index in [1.807, 2.05) is 25.1 Å². The first-order valence-corrected chi connectivity index (χ1v) is 6.58. The van der Waals surface area contributed by atoms with Crippen molar-refractivity contribution >= 4 is 43.5 Å². The highest BCUT2D eigenvalue weighted by Crippen LogP contribution is 2.30. The van der Waals surface area contributed by atoms with Gasteiger partial charge >= 0.3 is 0 Å². The number of carbonyl (C=O) groups excluding carboxylic acids is 1. The molecule has 0 heterocycles. The van der Waals surface area contributed by atoms with Crippen LogP contribution in [0, 0.1) is 0 Å². The van der Waals surface area contributed by atoms with Gasteiger partial charge in [0.2, 0.25) is 5.91 Å². The van der Waals surface area contributed by atoms with Gasteiger partial charge in [-0.3, -0.25) is 4.79 Å². The molecule has 88 valence electrons. The monoisotopic (exact) mass is 348 g/mol. The van der Waals surface area contributed by atoms with Crippen molar-refractivity contribution in [3.05, 3.63) is 27.1 Å². The Balaban J connectivity index is 2.63. The highest BCUT2D eigenvalue weighted by Gasteiger charge is 2.09. The summed E-state index contributed by atoms with van der Waals surface area (Å²) in [7, 11) is 0. The van der Waals surface area contributed by atoms with E-state index in [0.29, 0.717) is 12.8 Å². The fraction of sp³-hybridized carbons (Fsp3) is 0.364. The molecule has 0 aromatic heterocycles. The molecule has 0 aliphatic carbocycles. The van der Waals surface area contributed by atoms with Crippen molar-refractivity contribution in [2.75, 3.05) is 5.32 Å². The molecule has 1 aromatic carbocycles. The van der Waals surface area contributed by atoms with Crippen molar-refractivity contribution in [3.8, 4) is 0 Å². The number of hydrogen-bond donors (Lipinski definition) is 2. The Kier molecular flexibility index (Phi) is 5.44. The summed E-state index contributed by atoms with van der Waals surface area (Å²) in [4.78, 5) is 11.6. The summed E-state index contributed by atoms with van der Waals surface area (Å²) in [6, 6.07) is 5.71. The van der Waals surface area contributed by atoms with E-state index in [4.69, 9.17) is 5.73 Å². The second kappa shape index (κ2) is 6.37. The summed E-state index contributed by atoms with van der Waals surface area (Å²) in [6.45, 7) is 1.89. The zero-order valence-electron chi connectivity index (χ0n) is 8.97. The normalized spacial score (nSPS) is 12.2. The Morgan fingerprint density at radius 3 is 2.50 bits per heavy atom. The van der Waals surface area contributed by atoms with Crippen LogP contribution in [-0.2, 0) is 4.79 Å². The number of carbonyl (C=O) groups is 1. The smallest absolute Gasteiger partial charge is 0.224 e. The maximum Gasteiger partial charge on any atom is 0.224 e. The molecule has 0 fully saturated rings. The zero-order valence-corrected chi connectivity index (χ0v) is 12.1. The van der Waals surface area contributed by atoms with E-state index < -0.39 is 0 Å². The molecule has 3 N–H and O–H groups in total. The van der Waals surface area contributed by atoms with Gasteiger partial charge < -0.3 is 11.1 Å². The lowest BCUT2D eigenvalue weighted by Gasteiger charge is -2.10. The molecular formula is C11H14Br2N2O. The number of rotatable bonds is 4. The number of nitrogens with one attached hydrogen (secondary N) is 1. The summed E-state index contributed by atoms with van der Waals surface area (Å²) in [5.41, 5.74) is 6.36. The van der Waals surface area contributed by atoms with E-state index >= 15 is 0 Å². The first kappa shape index (κ1) is 13.7. The number of nitrogens with two attached hydrogens (primary N) is 1. The minimum absolute atomic E-state index is 0.0232. The molecule has 0 saturated heterocycles. The van der Waals surface area contributed by atoms with Gasteiger partial charge in [-0.05, 0) is 57.3 Å². The molecule has 1 rings (SSSR count). The molecule has 5 heteroatoms. The minimum Gasteiger partial charge on any atom is -0.328 e. The van der Waals surface area contributed by atoms with Crippen molar-refractivity contribution in [3.63, 3.8) is 0 Å². The van der Waals surface area contributed by atoms with Crippen molar-refractivity contribution in [1.82, 2.24) is 0 Å². The van der Waals surface area contributed by atoms with E-state index in [9.17, 15) is 4.79 Å². The molecule has 0 aliphatic rings. The summed E-state index contributed by atoms with van der Waals surface area (Å²) < 4.78 is 1.71. The third-order valence-electron chi connectivity index (χ3n) is 2.05. The van der Waals surface area contributed by atoms with Gasteiger partial charge in [-0.15, -0.1) is 0 Å². The molecule has 3 nitrogen and oxygen atoms in total. The molecule has 0 saturated carbocycles. The van der Waals surface area contributed by atoms with Crippen LogP contribution in [0.25, 0.3) is 0 Å². The van der Waals surface area contributed by atoms with Crippen LogP contribution in [0.15, 0.2) is 27.1 Å². The molecule has 1 atom stereocenters. The minimum atomic E-state index is -0.0232. The van der Waals surface area contributed by atoms with Gasteiger partial charge in [0.15, 0.2) is 0 Å². The predicted molar refractivity (Wildman–Crippen MR) is 73.4 cm³/mol. The summed E-state index contributed by atoms with van der Waals surface area (Å²) >= 11 is 6.77. The van der Waals surface area contributed by atoms with Gasteiger partial charge in [0.1, 0.15) is 0 Å². The fourth-order valence-electron chi connectivity index (χ4n) is 1.18. The summed E-state index contributed by atoms with van der Waals surface area (Å²) in [5, 5.41) is 2.85. The Labute approximate surface area is 112 Å². The number of hydrogen-bond acceptors (Lipinski definition) is 2. The van der Waals surface area contributed by atoms with Gasteiger partial charge in [0, 0.05) is 21.4 Å². The number of benzene rings is 1. The molecule has 0 radical (unpaired) electrons. The topological polar surface area (TPSA) is 55.1 Å². The highest BCUT2D eigenvalue weighted by molar-refractivity contribution is 9.11. The summed E-state index contributed by atoms with van der Waals surface area (Å²) in [6.07, 6.45) is 1.12. The Morgan fingerprint density at radius 1 is 1.44 bits per heavy atom. The first-order valence-electron chi connectivity index (χ1n) is 5.00. The van der Waals surface area contributed by atoms with Crippen LogP contribution in [0.2, 0.25) is 0 Å². The molecule has 16 heavy (non-hydrogen) atoms. The van der Waals surface area contributed by atoms with Crippen molar-refractivity contribution < 1.29 is 4.79 Å². The van der Waals surface area contributed by atoms with Crippen molar-refractivity contribution in [2.24, 2.45) is 5.73 Å². The van der Waals surface area contributed by atoms with E-state index in [-0.39, 0.29) is 11.9 Å². The van der Waals surface area contributed by atoms with E-state index in [0.717, 1.165) is 14.6 Å². The summed E-state index contributed by atoms with van der Waals surface area (Å²) in [5.74, 6) is -0.0232. The van der Waals surface area contributed by atoms with Gasteiger partial charge in [0.05, 0.1) is 5.69 Å². The quantitative estimate of drug-likeness (QED) is 0.876. The van der Waals surface area contributed by atoms with Crippen LogP contribution in [0.3, 0.4) is 0 Å². The first-order chi connectivity index (χ1) is 7.50. The molecule has 0 aliphatic heterocycles. The lowest BCUT2D eigenvalue weighted by Crippen LogP contribution is -2.19. The van der Waals surface area contributed by atoms with Crippen molar-refractivity contribution in [1.29, 1.82) is 0 Å². The molecule has 1 unspecified atom stereocenters. The van der Waals surface area contributed by atoms with E-state index in [2.05, 4.69) is 37.2 Å². The number of amides is 1. The number of anilines is 1. The molecule has 1 aromatic rings. The Bertz CT molecular complexity index is 360. The van der Waals surface area contributed by atoms with Gasteiger partial charge in [-0.2, -0.15) is 0 Å². The maximum atomic E-state index is 11.6. The second-order valence-corrected chi connectivity index (χ2v) is 5.37. The second-order valence-electron chi connectivity index (χ2n) is 3.66. The van der Waals surface area contributed by atoms with Crippen molar-refractivity contribution in [2.45, 2.75) is 25.8 Å². The molecule has 1 amide bonds. The van der Waals surface area contributed by atoms with Gasteiger partial charge in [-0.1, -0.05) is 6.07 Å². The standard InChI is InChI=1S/C11H14Br2N2O/c1-7(14)5-6-10(16)15-11-8(12)3-2-4-9(11)13/h2-4,7H,5-6,14H2,1H3,(H,15,16). The molecular weight excluding hydrogens is 336 g/mol. The third-order valence-corrected chi connectivity index (χ3v) is 3.38. The fourth-order valence-corrected chi connectivity index (χ4v) is 2.37. The molecule has 0 bridgehead atoms. The van der Waals surface area contributed by atoms with E-state index in [1.165, 1.54) is 0 Å². The Hall–Kier alpha value is -0.390. The van der Waals surface area contributed by atoms with Crippen LogP contribution >= 0.6 is 31.9 Å². The lowest BCUT2D eigenvalue weighted by molar-refractivity contribution is -0.116. The SMILES string of the molecule is CC(N)CCC(=O)Nc1c(Br)cccc1Br. The number of halogens is 2. The van der Waals surface area contributed by atoms with Crippen LogP contribution in [-0.4, -0.2) is 11.9 Å². The van der Waals surface area contributed by atoms with Crippen LogP contribution in [0.1, 0.15) is 19.8 Å². The highest BCUT2D eigenvalue weighted by atomic mass is 79.9. The predicted octanol–water partition coefficient (Wildman–Crippen LogP) is 3.28. The van der Waals surface area contributed by atoms with Gasteiger partial charge in [0.25, 0.3) is 0 Å².